The zero-order valence-corrected chi connectivity index (χ0v) is 13.2. The Morgan fingerprint density at radius 3 is 2.92 bits per heavy atom. The van der Waals surface area contributed by atoms with Gasteiger partial charge in [-0.3, -0.25) is 9.88 Å². The minimum atomic E-state index is -0.280. The molecule has 4 rings (SSSR count). The van der Waals surface area contributed by atoms with E-state index in [1.54, 1.807) is 35.3 Å². The van der Waals surface area contributed by atoms with Gasteiger partial charge in [0.25, 0.3) is 0 Å². The molecular weight excluding hydrogens is 305 g/mol. The lowest BCUT2D eigenvalue weighted by Crippen LogP contribution is -2.31. The van der Waals surface area contributed by atoms with E-state index >= 15 is 0 Å². The third-order valence-corrected chi connectivity index (χ3v) is 4.36. The van der Waals surface area contributed by atoms with Gasteiger partial charge in [0.1, 0.15) is 11.5 Å². The summed E-state index contributed by atoms with van der Waals surface area (Å²) in [5.74, 6) is -0.280. The average Bonchev–Trinajstić information content (AvgIpc) is 3.04. The summed E-state index contributed by atoms with van der Waals surface area (Å²) >= 11 is 0. The van der Waals surface area contributed by atoms with Crippen LogP contribution in [0.2, 0.25) is 0 Å². The van der Waals surface area contributed by atoms with E-state index in [1.807, 2.05) is 12.1 Å². The highest BCUT2D eigenvalue weighted by Gasteiger charge is 2.20. The monoisotopic (exact) mass is 323 g/mol. The van der Waals surface area contributed by atoms with Crippen LogP contribution in [-0.2, 0) is 19.5 Å². The van der Waals surface area contributed by atoms with Gasteiger partial charge in [-0.25, -0.2) is 9.07 Å². The lowest BCUT2D eigenvalue weighted by Gasteiger charge is -2.28. The number of anilines is 1. The van der Waals surface area contributed by atoms with Crippen LogP contribution in [0.25, 0.3) is 5.69 Å². The van der Waals surface area contributed by atoms with Crippen molar-refractivity contribution in [3.05, 3.63) is 71.6 Å². The quantitative estimate of drug-likeness (QED) is 0.805. The van der Waals surface area contributed by atoms with Crippen molar-refractivity contribution in [2.45, 2.75) is 19.5 Å². The molecule has 122 valence electrons. The molecule has 1 aliphatic heterocycles. The molecule has 2 aromatic heterocycles. The summed E-state index contributed by atoms with van der Waals surface area (Å²) in [6.45, 7) is 2.38. The van der Waals surface area contributed by atoms with E-state index in [1.165, 1.54) is 6.07 Å². The number of hydrogen-bond acceptors (Lipinski definition) is 4. The Morgan fingerprint density at radius 2 is 2.04 bits per heavy atom. The number of aromatic nitrogens is 3. The number of para-hydroxylation sites is 1. The molecule has 3 aromatic rings. The van der Waals surface area contributed by atoms with Crippen LogP contribution in [0.5, 0.6) is 0 Å². The average molecular weight is 323 g/mol. The number of fused-ring (bicyclic) bond motifs is 1. The number of nitrogens with zero attached hydrogens (tertiary/aromatic N) is 4. The zero-order chi connectivity index (χ0) is 16.5. The minimum absolute atomic E-state index is 0.280. The standard InChI is InChI=1S/C18H18FN5/c19-15-3-1-2-4-18(15)24-10-6-13(22-24)11-23-9-7-17-14(12-23)16(20)5-8-21-17/h1-6,8,10H,7,9,11-12H2,(H2,20,21). The molecule has 0 amide bonds. The fraction of sp³-hybridized carbons (Fsp3) is 0.222. The van der Waals surface area contributed by atoms with Crippen molar-refractivity contribution in [1.82, 2.24) is 19.7 Å². The van der Waals surface area contributed by atoms with Gasteiger partial charge in [-0.2, -0.15) is 5.10 Å². The van der Waals surface area contributed by atoms with Gasteiger partial charge in [0.2, 0.25) is 0 Å². The fourth-order valence-corrected chi connectivity index (χ4v) is 3.10. The summed E-state index contributed by atoms with van der Waals surface area (Å²) in [5.41, 5.74) is 10.4. The highest BCUT2D eigenvalue weighted by molar-refractivity contribution is 5.48. The molecule has 0 spiro atoms. The topological polar surface area (TPSA) is 60.0 Å². The second kappa shape index (κ2) is 6.05. The first-order valence-corrected chi connectivity index (χ1v) is 7.95. The summed E-state index contributed by atoms with van der Waals surface area (Å²) in [4.78, 5) is 6.69. The predicted molar refractivity (Wildman–Crippen MR) is 90.0 cm³/mol. The number of halogens is 1. The van der Waals surface area contributed by atoms with Gasteiger partial charge in [0, 0.05) is 55.4 Å². The van der Waals surface area contributed by atoms with Crippen LogP contribution >= 0.6 is 0 Å². The van der Waals surface area contributed by atoms with Crippen LogP contribution in [-0.4, -0.2) is 26.2 Å². The van der Waals surface area contributed by atoms with E-state index in [2.05, 4.69) is 15.0 Å². The Labute approximate surface area is 139 Å². The van der Waals surface area contributed by atoms with Gasteiger partial charge < -0.3 is 5.73 Å². The summed E-state index contributed by atoms with van der Waals surface area (Å²) in [6, 6.07) is 10.4. The van der Waals surface area contributed by atoms with Gasteiger partial charge in [-0.1, -0.05) is 12.1 Å². The van der Waals surface area contributed by atoms with Crippen LogP contribution < -0.4 is 5.73 Å². The maximum Gasteiger partial charge on any atom is 0.148 e. The number of nitrogens with two attached hydrogens (primary N) is 1. The molecule has 0 saturated heterocycles. The number of nitrogen functional groups attached to an aromatic ring is 1. The zero-order valence-electron chi connectivity index (χ0n) is 13.2. The largest absolute Gasteiger partial charge is 0.398 e. The lowest BCUT2D eigenvalue weighted by molar-refractivity contribution is 0.241. The molecule has 0 bridgehead atoms. The molecule has 1 aliphatic rings. The molecule has 0 radical (unpaired) electrons. The van der Waals surface area contributed by atoms with Crippen molar-refractivity contribution >= 4 is 5.69 Å². The maximum absolute atomic E-state index is 13.9. The highest BCUT2D eigenvalue weighted by Crippen LogP contribution is 2.23. The summed E-state index contributed by atoms with van der Waals surface area (Å²) < 4.78 is 15.4. The Hall–Kier alpha value is -2.73. The van der Waals surface area contributed by atoms with Crippen molar-refractivity contribution in [3.8, 4) is 5.69 Å². The molecule has 1 aromatic carbocycles. The molecule has 0 unspecified atom stereocenters. The van der Waals surface area contributed by atoms with E-state index in [-0.39, 0.29) is 5.82 Å². The molecular formula is C18H18FN5. The fourth-order valence-electron chi connectivity index (χ4n) is 3.10. The molecule has 3 heterocycles. The highest BCUT2D eigenvalue weighted by atomic mass is 19.1. The van der Waals surface area contributed by atoms with Gasteiger partial charge in [0.05, 0.1) is 5.69 Å². The molecule has 0 atom stereocenters. The first-order chi connectivity index (χ1) is 11.7. The third kappa shape index (κ3) is 2.76. The molecule has 0 saturated carbocycles. The third-order valence-electron chi connectivity index (χ3n) is 4.36. The summed E-state index contributed by atoms with van der Waals surface area (Å²) in [6.07, 6.45) is 4.44. The lowest BCUT2D eigenvalue weighted by atomic mass is 10.0. The number of benzene rings is 1. The van der Waals surface area contributed by atoms with E-state index in [0.29, 0.717) is 12.2 Å². The molecule has 5 nitrogen and oxygen atoms in total. The van der Waals surface area contributed by atoms with E-state index in [9.17, 15) is 4.39 Å². The molecule has 0 fully saturated rings. The predicted octanol–water partition coefficient (Wildman–Crippen LogP) is 2.55. The van der Waals surface area contributed by atoms with Crippen molar-refractivity contribution in [1.29, 1.82) is 0 Å². The summed E-state index contributed by atoms with van der Waals surface area (Å²) in [5, 5.41) is 4.50. The number of hydrogen-bond donors (Lipinski definition) is 1. The van der Waals surface area contributed by atoms with E-state index < -0.39 is 0 Å². The molecule has 6 heteroatoms. The minimum Gasteiger partial charge on any atom is -0.398 e. The Bertz CT molecular complexity index is 873. The number of rotatable bonds is 3. The molecule has 0 aliphatic carbocycles. The van der Waals surface area contributed by atoms with E-state index in [4.69, 9.17) is 5.73 Å². The van der Waals surface area contributed by atoms with Crippen LogP contribution in [0, 0.1) is 5.82 Å². The Morgan fingerprint density at radius 1 is 1.17 bits per heavy atom. The molecule has 2 N–H and O–H groups in total. The SMILES string of the molecule is Nc1ccnc2c1CN(Cc1ccn(-c3ccccc3F)n1)CC2. The van der Waals surface area contributed by atoms with Crippen LogP contribution in [0.1, 0.15) is 17.0 Å². The van der Waals surface area contributed by atoms with Gasteiger partial charge in [0.15, 0.2) is 0 Å². The smallest absolute Gasteiger partial charge is 0.148 e. The van der Waals surface area contributed by atoms with Gasteiger partial charge in [-0.15, -0.1) is 0 Å². The van der Waals surface area contributed by atoms with Crippen LogP contribution in [0.4, 0.5) is 10.1 Å². The van der Waals surface area contributed by atoms with Crippen molar-refractivity contribution in [2.24, 2.45) is 0 Å². The second-order valence-electron chi connectivity index (χ2n) is 5.99. The first-order valence-electron chi connectivity index (χ1n) is 7.95. The van der Waals surface area contributed by atoms with Crippen molar-refractivity contribution in [2.75, 3.05) is 12.3 Å². The van der Waals surface area contributed by atoms with E-state index in [0.717, 1.165) is 42.1 Å². The molecule has 24 heavy (non-hydrogen) atoms. The van der Waals surface area contributed by atoms with Crippen LogP contribution in [0.3, 0.4) is 0 Å². The first kappa shape index (κ1) is 14.8. The maximum atomic E-state index is 13.9. The van der Waals surface area contributed by atoms with Gasteiger partial charge >= 0.3 is 0 Å². The number of pyridine rings is 1. The Balaban J connectivity index is 1.51. The summed E-state index contributed by atoms with van der Waals surface area (Å²) in [7, 11) is 0. The Kier molecular flexibility index (Phi) is 3.74. The van der Waals surface area contributed by atoms with Crippen LogP contribution in [0.15, 0.2) is 48.8 Å². The van der Waals surface area contributed by atoms with Crippen molar-refractivity contribution in [3.63, 3.8) is 0 Å². The van der Waals surface area contributed by atoms with Crippen molar-refractivity contribution < 1.29 is 4.39 Å². The second-order valence-corrected chi connectivity index (χ2v) is 5.99. The van der Waals surface area contributed by atoms with Gasteiger partial charge in [-0.05, 0) is 24.3 Å². The normalized spacial score (nSPS) is 14.5.